The molecule has 0 aromatic heterocycles. The molecule has 3 N–H and O–H groups in total. The maximum Gasteiger partial charge on any atom is 0.223 e. The van der Waals surface area contributed by atoms with Crippen molar-refractivity contribution in [2.75, 3.05) is 26.7 Å². The van der Waals surface area contributed by atoms with Crippen LogP contribution in [0.1, 0.15) is 50.1 Å². The highest BCUT2D eigenvalue weighted by Crippen LogP contribution is 2.31. The first-order chi connectivity index (χ1) is 12.2. The summed E-state index contributed by atoms with van der Waals surface area (Å²) in [4.78, 5) is 15.0. The maximum absolute atomic E-state index is 12.5. The number of hydrogen-bond donors (Lipinski definition) is 2. The largest absolute Gasteiger partial charge is 0.496 e. The summed E-state index contributed by atoms with van der Waals surface area (Å²) >= 11 is 0. The zero-order valence-electron chi connectivity index (χ0n) is 15.2. The first kappa shape index (κ1) is 18.2. The molecule has 3 rings (SSSR count). The van der Waals surface area contributed by atoms with Gasteiger partial charge in [-0.2, -0.15) is 0 Å². The molecular weight excluding hydrogens is 314 g/mol. The van der Waals surface area contributed by atoms with Gasteiger partial charge < -0.3 is 15.8 Å². The molecule has 1 aromatic rings. The highest BCUT2D eigenvalue weighted by molar-refractivity contribution is 5.79. The summed E-state index contributed by atoms with van der Waals surface area (Å²) in [6.07, 6.45) is 6.42. The van der Waals surface area contributed by atoms with Crippen molar-refractivity contribution in [3.8, 4) is 5.75 Å². The van der Waals surface area contributed by atoms with E-state index in [0.29, 0.717) is 6.54 Å². The molecule has 1 amide bonds. The summed E-state index contributed by atoms with van der Waals surface area (Å²) in [6.45, 7) is 2.78. The van der Waals surface area contributed by atoms with Crippen LogP contribution in [-0.2, 0) is 4.79 Å². The van der Waals surface area contributed by atoms with Gasteiger partial charge in [-0.15, -0.1) is 0 Å². The molecule has 0 bridgehead atoms. The van der Waals surface area contributed by atoms with Crippen LogP contribution in [-0.4, -0.2) is 43.6 Å². The lowest BCUT2D eigenvalue weighted by Crippen LogP contribution is -2.42. The molecule has 3 unspecified atom stereocenters. The second-order valence-corrected chi connectivity index (χ2v) is 7.37. The Morgan fingerprint density at radius 2 is 2.04 bits per heavy atom. The molecule has 1 heterocycles. The zero-order chi connectivity index (χ0) is 17.6. The van der Waals surface area contributed by atoms with E-state index in [4.69, 9.17) is 10.5 Å². The van der Waals surface area contributed by atoms with Gasteiger partial charge in [0.05, 0.1) is 13.2 Å². The molecule has 1 saturated heterocycles. The minimum Gasteiger partial charge on any atom is -0.496 e. The fourth-order valence-electron chi connectivity index (χ4n) is 4.20. The van der Waals surface area contributed by atoms with E-state index in [9.17, 15) is 4.79 Å². The molecule has 0 spiro atoms. The third-order valence-electron chi connectivity index (χ3n) is 5.64. The molecule has 1 aromatic carbocycles. The summed E-state index contributed by atoms with van der Waals surface area (Å²) < 4.78 is 5.58. The number of nitrogens with zero attached hydrogens (tertiary/aromatic N) is 1. The zero-order valence-corrected chi connectivity index (χ0v) is 15.2. The van der Waals surface area contributed by atoms with Gasteiger partial charge in [0.2, 0.25) is 5.91 Å². The van der Waals surface area contributed by atoms with E-state index in [2.05, 4.69) is 16.3 Å². The van der Waals surface area contributed by atoms with E-state index in [1.54, 1.807) is 7.11 Å². The Hall–Kier alpha value is -1.59. The van der Waals surface area contributed by atoms with Crippen LogP contribution in [0.15, 0.2) is 24.3 Å². The number of hydrogen-bond acceptors (Lipinski definition) is 4. The number of nitrogens with two attached hydrogens (primary N) is 1. The van der Waals surface area contributed by atoms with Gasteiger partial charge in [0.15, 0.2) is 0 Å². The number of amides is 1. The maximum atomic E-state index is 12.5. The van der Waals surface area contributed by atoms with Crippen molar-refractivity contribution in [2.45, 2.75) is 50.6 Å². The average Bonchev–Trinajstić information content (AvgIpc) is 3.09. The summed E-state index contributed by atoms with van der Waals surface area (Å²) in [7, 11) is 1.71. The van der Waals surface area contributed by atoms with E-state index in [-0.39, 0.29) is 23.9 Å². The number of carbonyl (C=O) groups is 1. The smallest absolute Gasteiger partial charge is 0.223 e. The fraction of sp³-hybridized carbons (Fsp3) is 0.650. The van der Waals surface area contributed by atoms with Crippen LogP contribution in [0.4, 0.5) is 0 Å². The second kappa shape index (κ2) is 8.68. The van der Waals surface area contributed by atoms with Crippen molar-refractivity contribution >= 4 is 5.91 Å². The van der Waals surface area contributed by atoms with Gasteiger partial charge in [0.25, 0.3) is 0 Å². The van der Waals surface area contributed by atoms with Crippen molar-refractivity contribution in [2.24, 2.45) is 11.7 Å². The van der Waals surface area contributed by atoms with Gasteiger partial charge in [-0.1, -0.05) is 24.6 Å². The molecule has 2 aliphatic rings. The number of rotatable bonds is 6. The van der Waals surface area contributed by atoms with Crippen molar-refractivity contribution < 1.29 is 9.53 Å². The minimum absolute atomic E-state index is 0.0784. The number of methoxy groups -OCH3 is 1. The molecule has 25 heavy (non-hydrogen) atoms. The Labute approximate surface area is 150 Å². The van der Waals surface area contributed by atoms with Gasteiger partial charge in [-0.05, 0) is 51.3 Å². The number of likely N-dealkylation sites (tertiary alicyclic amines) is 1. The van der Waals surface area contributed by atoms with Gasteiger partial charge in [0, 0.05) is 24.1 Å². The van der Waals surface area contributed by atoms with Gasteiger partial charge in [0.1, 0.15) is 5.75 Å². The van der Waals surface area contributed by atoms with E-state index >= 15 is 0 Å². The molecule has 5 heteroatoms. The number of benzene rings is 1. The van der Waals surface area contributed by atoms with Crippen molar-refractivity contribution in [3.05, 3.63) is 29.8 Å². The molecule has 3 atom stereocenters. The number of para-hydroxylation sites is 1. The Bertz CT molecular complexity index is 572. The third-order valence-corrected chi connectivity index (χ3v) is 5.64. The Morgan fingerprint density at radius 3 is 2.72 bits per heavy atom. The number of ether oxygens (including phenoxy) is 1. The fourth-order valence-corrected chi connectivity index (χ4v) is 4.20. The number of nitrogens with one attached hydrogen (secondary N) is 1. The quantitative estimate of drug-likeness (QED) is 0.831. The number of carbonyl (C=O) groups excluding carboxylic acids is 1. The van der Waals surface area contributed by atoms with Crippen LogP contribution in [0, 0.1) is 5.92 Å². The molecule has 1 aliphatic carbocycles. The normalized spacial score (nSPS) is 25.5. The summed E-state index contributed by atoms with van der Waals surface area (Å²) in [5.74, 6) is 1.13. The van der Waals surface area contributed by atoms with E-state index < -0.39 is 0 Å². The molecule has 1 aliphatic heterocycles. The second-order valence-electron chi connectivity index (χ2n) is 7.37. The van der Waals surface area contributed by atoms with Gasteiger partial charge in [-0.3, -0.25) is 9.69 Å². The SMILES string of the molecule is COc1ccccc1C(CNC(=O)C1CCC(N)C1)N1CCCCC1. The predicted molar refractivity (Wildman–Crippen MR) is 99.5 cm³/mol. The van der Waals surface area contributed by atoms with Crippen LogP contribution in [0.3, 0.4) is 0 Å². The lowest BCUT2D eigenvalue weighted by atomic mass is 10.00. The van der Waals surface area contributed by atoms with Crippen molar-refractivity contribution in [1.82, 2.24) is 10.2 Å². The third kappa shape index (κ3) is 4.53. The van der Waals surface area contributed by atoms with Gasteiger partial charge in [-0.25, -0.2) is 0 Å². The monoisotopic (exact) mass is 345 g/mol. The predicted octanol–water partition coefficient (Wildman–Crippen LogP) is 2.47. The Morgan fingerprint density at radius 1 is 1.28 bits per heavy atom. The molecule has 138 valence electrons. The number of piperidine rings is 1. The van der Waals surface area contributed by atoms with E-state index in [0.717, 1.165) is 43.7 Å². The standard InChI is InChI=1S/C20H31N3O2/c1-25-19-8-4-3-7-17(19)18(23-11-5-2-6-12-23)14-22-20(24)15-9-10-16(21)13-15/h3-4,7-8,15-16,18H,2,5-6,9-14,21H2,1H3,(H,22,24). The first-order valence-electron chi connectivity index (χ1n) is 9.59. The Balaban J connectivity index is 1.71. The highest BCUT2D eigenvalue weighted by Gasteiger charge is 2.30. The lowest BCUT2D eigenvalue weighted by molar-refractivity contribution is -0.125. The molecule has 0 radical (unpaired) electrons. The van der Waals surface area contributed by atoms with Crippen molar-refractivity contribution in [3.63, 3.8) is 0 Å². The molecule has 1 saturated carbocycles. The van der Waals surface area contributed by atoms with Crippen LogP contribution in [0.2, 0.25) is 0 Å². The van der Waals surface area contributed by atoms with E-state index in [1.807, 2.05) is 18.2 Å². The average molecular weight is 345 g/mol. The summed E-state index contributed by atoms with van der Waals surface area (Å²) in [5.41, 5.74) is 7.12. The topological polar surface area (TPSA) is 67.6 Å². The van der Waals surface area contributed by atoms with Crippen LogP contribution in [0.5, 0.6) is 5.75 Å². The summed E-state index contributed by atoms with van der Waals surface area (Å²) in [5, 5.41) is 3.20. The van der Waals surface area contributed by atoms with Crippen molar-refractivity contribution in [1.29, 1.82) is 0 Å². The molecule has 2 fully saturated rings. The lowest BCUT2D eigenvalue weighted by Gasteiger charge is -2.35. The minimum atomic E-state index is 0.0784. The molecular formula is C20H31N3O2. The van der Waals surface area contributed by atoms with Gasteiger partial charge >= 0.3 is 0 Å². The highest BCUT2D eigenvalue weighted by atomic mass is 16.5. The van der Waals surface area contributed by atoms with Crippen LogP contribution < -0.4 is 15.8 Å². The van der Waals surface area contributed by atoms with E-state index in [1.165, 1.54) is 19.3 Å². The summed E-state index contributed by atoms with van der Waals surface area (Å²) in [6, 6.07) is 8.51. The Kier molecular flexibility index (Phi) is 6.32. The van der Waals surface area contributed by atoms with Crippen LogP contribution in [0.25, 0.3) is 0 Å². The molecule has 5 nitrogen and oxygen atoms in total. The first-order valence-corrected chi connectivity index (χ1v) is 9.59. The van der Waals surface area contributed by atoms with Crippen LogP contribution >= 0.6 is 0 Å².